The lowest BCUT2D eigenvalue weighted by Gasteiger charge is -2.17. The van der Waals surface area contributed by atoms with Gasteiger partial charge in [0.05, 0.1) is 5.39 Å². The molecule has 100 valence electrons. The van der Waals surface area contributed by atoms with E-state index in [2.05, 4.69) is 36.6 Å². The minimum absolute atomic E-state index is 0.124. The molecule has 0 aromatic carbocycles. The predicted molar refractivity (Wildman–Crippen MR) is 83.9 cm³/mol. The zero-order valence-corrected chi connectivity index (χ0v) is 13.0. The van der Waals surface area contributed by atoms with E-state index in [9.17, 15) is 4.79 Å². The molecule has 0 spiro atoms. The van der Waals surface area contributed by atoms with Gasteiger partial charge in [-0.1, -0.05) is 0 Å². The van der Waals surface area contributed by atoms with Crippen molar-refractivity contribution in [3.63, 3.8) is 0 Å². The summed E-state index contributed by atoms with van der Waals surface area (Å²) in [5.41, 5.74) is 4.18. The summed E-state index contributed by atoms with van der Waals surface area (Å²) in [6.07, 6.45) is 5.46. The molecule has 0 radical (unpaired) electrons. The Hall–Kier alpha value is -0.870. The largest absolute Gasteiger partial charge is 0.303 e. The van der Waals surface area contributed by atoms with Crippen molar-refractivity contribution in [2.75, 3.05) is 18.5 Å². The van der Waals surface area contributed by atoms with Gasteiger partial charge in [0.25, 0.3) is 0 Å². The third-order valence-electron chi connectivity index (χ3n) is 3.20. The van der Waals surface area contributed by atoms with Crippen LogP contribution in [0.1, 0.15) is 6.42 Å². The van der Waals surface area contributed by atoms with E-state index >= 15 is 0 Å². The average Bonchev–Trinajstić information content (AvgIpc) is 3.05. The standard InChI is InChI=1S/C11H12IN5OS/c12-19-17-4-2-9-10(13-7-14-11(9)17)15-16-3-1-8(5-16)6-18/h2,4,6-8H,1,3,5H2,(H,13,14,15). The van der Waals surface area contributed by atoms with Gasteiger partial charge in [0.15, 0.2) is 11.5 Å². The Kier molecular flexibility index (Phi) is 3.89. The summed E-state index contributed by atoms with van der Waals surface area (Å²) in [5.74, 6) is 0.917. The molecule has 1 fully saturated rings. The zero-order valence-electron chi connectivity index (χ0n) is 9.99. The van der Waals surface area contributed by atoms with Crippen LogP contribution < -0.4 is 5.43 Å². The summed E-state index contributed by atoms with van der Waals surface area (Å²) >= 11 is 2.22. The molecule has 1 N–H and O–H groups in total. The second kappa shape index (κ2) is 5.63. The fourth-order valence-electron chi connectivity index (χ4n) is 2.22. The van der Waals surface area contributed by atoms with Gasteiger partial charge >= 0.3 is 0 Å². The lowest BCUT2D eigenvalue weighted by molar-refractivity contribution is -0.110. The van der Waals surface area contributed by atoms with Crippen LogP contribution in [0.4, 0.5) is 5.82 Å². The first-order valence-corrected chi connectivity index (χ1v) is 9.21. The number of nitrogens with zero attached hydrogens (tertiary/aromatic N) is 4. The third kappa shape index (κ3) is 2.56. The van der Waals surface area contributed by atoms with Crippen LogP contribution in [0.15, 0.2) is 18.6 Å². The maximum Gasteiger partial charge on any atom is 0.156 e. The number of halogens is 1. The SMILES string of the molecule is O=CC1CCN(Nc2ncnc3c2ccn3SI)C1. The van der Waals surface area contributed by atoms with E-state index in [4.69, 9.17) is 0 Å². The van der Waals surface area contributed by atoms with Crippen LogP contribution in [0.2, 0.25) is 0 Å². The quantitative estimate of drug-likeness (QED) is 0.639. The summed E-state index contributed by atoms with van der Waals surface area (Å²) < 4.78 is 1.99. The smallest absolute Gasteiger partial charge is 0.156 e. The fraction of sp³-hybridized carbons (Fsp3) is 0.364. The molecule has 2 aromatic heterocycles. The first-order chi connectivity index (χ1) is 9.31. The molecule has 1 saturated heterocycles. The van der Waals surface area contributed by atoms with Gasteiger partial charge in [-0.3, -0.25) is 3.97 Å². The second-order valence-electron chi connectivity index (χ2n) is 4.41. The number of hydrogen-bond donors (Lipinski definition) is 1. The Morgan fingerprint density at radius 3 is 3.16 bits per heavy atom. The van der Waals surface area contributed by atoms with Crippen molar-refractivity contribution in [2.45, 2.75) is 6.42 Å². The molecule has 1 atom stereocenters. The number of nitrogens with one attached hydrogen (secondary N) is 1. The van der Waals surface area contributed by atoms with Gasteiger partial charge in [0.2, 0.25) is 0 Å². The molecule has 3 heterocycles. The van der Waals surface area contributed by atoms with Crippen LogP contribution in [-0.2, 0) is 4.79 Å². The Balaban J connectivity index is 1.85. The van der Waals surface area contributed by atoms with Gasteiger partial charge in [-0.15, -0.1) is 0 Å². The van der Waals surface area contributed by atoms with Crippen LogP contribution in [0.25, 0.3) is 11.0 Å². The van der Waals surface area contributed by atoms with Gasteiger partial charge in [-0.2, -0.15) is 0 Å². The number of hydrazine groups is 1. The van der Waals surface area contributed by atoms with E-state index in [0.717, 1.165) is 42.6 Å². The van der Waals surface area contributed by atoms with Crippen molar-refractivity contribution < 1.29 is 4.79 Å². The Morgan fingerprint density at radius 1 is 1.53 bits per heavy atom. The van der Waals surface area contributed by atoms with Crippen LogP contribution in [0.5, 0.6) is 0 Å². The molecule has 1 aliphatic heterocycles. The maximum atomic E-state index is 10.8. The van der Waals surface area contributed by atoms with Crippen LogP contribution in [0, 0.1) is 5.92 Å². The molecule has 0 saturated carbocycles. The third-order valence-corrected chi connectivity index (χ3v) is 4.92. The number of rotatable bonds is 4. The number of aromatic nitrogens is 3. The highest BCUT2D eigenvalue weighted by molar-refractivity contribution is 14.2. The van der Waals surface area contributed by atoms with E-state index in [0.29, 0.717) is 0 Å². The van der Waals surface area contributed by atoms with Crippen molar-refractivity contribution in [1.82, 2.24) is 18.9 Å². The lowest BCUT2D eigenvalue weighted by atomic mass is 10.1. The summed E-state index contributed by atoms with van der Waals surface area (Å²) in [6.45, 7) is 1.59. The van der Waals surface area contributed by atoms with E-state index < -0.39 is 0 Å². The second-order valence-corrected chi connectivity index (χ2v) is 6.13. The molecule has 0 aliphatic carbocycles. The summed E-state index contributed by atoms with van der Waals surface area (Å²) in [4.78, 5) is 19.4. The number of carbonyl (C=O) groups is 1. The van der Waals surface area contributed by atoms with Crippen molar-refractivity contribution in [1.29, 1.82) is 0 Å². The maximum absolute atomic E-state index is 10.8. The van der Waals surface area contributed by atoms with Crippen LogP contribution >= 0.6 is 30.3 Å². The number of carbonyl (C=O) groups excluding carboxylic acids is 1. The average molecular weight is 389 g/mol. The minimum atomic E-state index is 0.124. The molecular weight excluding hydrogens is 377 g/mol. The number of aldehydes is 1. The molecule has 0 bridgehead atoms. The van der Waals surface area contributed by atoms with Gasteiger partial charge < -0.3 is 10.2 Å². The molecule has 0 amide bonds. The molecule has 8 heteroatoms. The fourth-order valence-corrected chi connectivity index (χ4v) is 3.49. The zero-order chi connectivity index (χ0) is 13.2. The van der Waals surface area contributed by atoms with Crippen molar-refractivity contribution in [3.05, 3.63) is 18.6 Å². The molecule has 6 nitrogen and oxygen atoms in total. The number of anilines is 1. The lowest BCUT2D eigenvalue weighted by Crippen LogP contribution is -2.28. The molecule has 19 heavy (non-hydrogen) atoms. The highest BCUT2D eigenvalue weighted by Crippen LogP contribution is 2.27. The summed E-state index contributed by atoms with van der Waals surface area (Å²) in [7, 11) is 1.57. The highest BCUT2D eigenvalue weighted by atomic mass is 127. The van der Waals surface area contributed by atoms with Crippen LogP contribution in [0.3, 0.4) is 0 Å². The summed E-state index contributed by atoms with van der Waals surface area (Å²) in [5, 5.41) is 3.02. The topological polar surface area (TPSA) is 63.1 Å². The Labute approximate surface area is 126 Å². The molecular formula is C11H12IN5OS. The highest BCUT2D eigenvalue weighted by Gasteiger charge is 2.22. The summed E-state index contributed by atoms with van der Waals surface area (Å²) in [6, 6.07) is 2.00. The van der Waals surface area contributed by atoms with Gasteiger partial charge in [0, 0.05) is 55.5 Å². The van der Waals surface area contributed by atoms with Crippen molar-refractivity contribution >= 4 is 53.5 Å². The molecule has 3 rings (SSSR count). The van der Waals surface area contributed by atoms with Crippen LogP contribution in [-0.4, -0.2) is 38.3 Å². The number of fused-ring (bicyclic) bond motifs is 1. The van der Waals surface area contributed by atoms with E-state index in [1.54, 1.807) is 15.4 Å². The first-order valence-electron chi connectivity index (χ1n) is 5.90. The van der Waals surface area contributed by atoms with Crippen molar-refractivity contribution in [2.24, 2.45) is 5.92 Å². The first kappa shape index (κ1) is 13.1. The Morgan fingerprint density at radius 2 is 2.42 bits per heavy atom. The van der Waals surface area contributed by atoms with Crippen molar-refractivity contribution in [3.8, 4) is 0 Å². The number of hydrogen-bond acceptors (Lipinski definition) is 6. The predicted octanol–water partition coefficient (Wildman–Crippen LogP) is 2.13. The molecule has 2 aromatic rings. The monoisotopic (exact) mass is 389 g/mol. The van der Waals surface area contributed by atoms with E-state index in [1.165, 1.54) is 0 Å². The Bertz CT molecular complexity index is 604. The van der Waals surface area contributed by atoms with Gasteiger partial charge in [0.1, 0.15) is 12.6 Å². The van der Waals surface area contributed by atoms with Gasteiger partial charge in [-0.25, -0.2) is 15.0 Å². The normalized spacial score (nSPS) is 19.9. The van der Waals surface area contributed by atoms with E-state index in [-0.39, 0.29) is 5.92 Å². The van der Waals surface area contributed by atoms with Gasteiger partial charge in [-0.05, 0) is 12.5 Å². The molecule has 1 unspecified atom stereocenters. The molecule has 1 aliphatic rings. The van der Waals surface area contributed by atoms with E-state index in [1.807, 2.05) is 21.2 Å². The minimum Gasteiger partial charge on any atom is -0.303 e.